The second kappa shape index (κ2) is 4.16. The Morgan fingerprint density at radius 3 is 2.71 bits per heavy atom. The molecule has 0 radical (unpaired) electrons. The molecule has 0 bridgehead atoms. The van der Waals surface area contributed by atoms with Crippen molar-refractivity contribution in [3.8, 4) is 6.07 Å². The molecule has 0 unspecified atom stereocenters. The van der Waals surface area contributed by atoms with Gasteiger partial charge in [-0.2, -0.15) is 0 Å². The SMILES string of the molecule is CCc1c(C#N)c(=O)oc2[nH][c](=[Co])[nH]c(=O)c12. The molecule has 0 saturated carbocycles. The molecule has 2 N–H and O–H groups in total. The van der Waals surface area contributed by atoms with Crippen molar-refractivity contribution in [3.63, 3.8) is 0 Å². The summed E-state index contributed by atoms with van der Waals surface area (Å²) in [7, 11) is 0. The molecule has 17 heavy (non-hydrogen) atoms. The fraction of sp³-hybridized carbons (Fsp3) is 0.200. The van der Waals surface area contributed by atoms with Crippen LogP contribution in [-0.2, 0) is 21.7 Å². The summed E-state index contributed by atoms with van der Waals surface area (Å²) < 4.78 is 5.06. The van der Waals surface area contributed by atoms with Crippen molar-refractivity contribution >= 4 is 11.1 Å². The average Bonchev–Trinajstić information content (AvgIpc) is 2.26. The number of fused-ring (bicyclic) bond motifs is 1. The van der Waals surface area contributed by atoms with Crippen LogP contribution in [0.25, 0.3) is 11.1 Å². The molecule has 0 atom stereocenters. The number of H-pyrrole nitrogens is 2. The third-order valence-electron chi connectivity index (χ3n) is 2.36. The van der Waals surface area contributed by atoms with Gasteiger partial charge >= 0.3 is 102 Å². The van der Waals surface area contributed by atoms with Crippen LogP contribution in [0.3, 0.4) is 0 Å². The van der Waals surface area contributed by atoms with Crippen LogP contribution >= 0.6 is 0 Å². The third-order valence-corrected chi connectivity index (χ3v) is 2.62. The van der Waals surface area contributed by atoms with Crippen LogP contribution in [0, 0.1) is 15.7 Å². The van der Waals surface area contributed by atoms with E-state index in [2.05, 4.69) is 25.3 Å². The molecule has 0 fully saturated rings. The number of nitrogens with zero attached hydrogens (tertiary/aromatic N) is 1. The second-order valence-corrected chi connectivity index (χ2v) is 3.80. The summed E-state index contributed by atoms with van der Waals surface area (Å²) in [5, 5.41) is 9.07. The molecular weight excluding hydrogens is 269 g/mol. The van der Waals surface area contributed by atoms with Gasteiger partial charge in [0.15, 0.2) is 0 Å². The molecule has 0 aliphatic carbocycles. The molecule has 89 valence electrons. The van der Waals surface area contributed by atoms with E-state index in [-0.39, 0.29) is 21.0 Å². The molecule has 6 nitrogen and oxygen atoms in total. The number of hydrogen-bond donors (Lipinski definition) is 2. The van der Waals surface area contributed by atoms with E-state index >= 15 is 0 Å². The molecule has 0 aromatic carbocycles. The summed E-state index contributed by atoms with van der Waals surface area (Å²) in [6.07, 6.45) is 0.382. The molecule has 0 spiro atoms. The Bertz CT molecular complexity index is 807. The molecule has 0 aliphatic heterocycles. The Morgan fingerprint density at radius 2 is 2.12 bits per heavy atom. The summed E-state index contributed by atoms with van der Waals surface area (Å²) in [6.45, 7) is 1.75. The Hall–Kier alpha value is -1.91. The van der Waals surface area contributed by atoms with Gasteiger partial charge in [-0.05, 0) is 0 Å². The minimum absolute atomic E-state index is 0.0257. The first-order chi connectivity index (χ1) is 8.08. The van der Waals surface area contributed by atoms with Crippen LogP contribution in [-0.4, -0.2) is 9.97 Å². The van der Waals surface area contributed by atoms with Crippen molar-refractivity contribution in [2.24, 2.45) is 0 Å². The molecule has 0 amide bonds. The maximum atomic E-state index is 11.8. The second-order valence-electron chi connectivity index (χ2n) is 3.28. The van der Waals surface area contributed by atoms with E-state index in [4.69, 9.17) is 9.68 Å². The first-order valence-electron chi connectivity index (χ1n) is 4.77. The van der Waals surface area contributed by atoms with Crippen LogP contribution in [0.2, 0.25) is 0 Å². The van der Waals surface area contributed by atoms with Gasteiger partial charge in [0, 0.05) is 0 Å². The molecule has 0 saturated heterocycles. The van der Waals surface area contributed by atoms with Crippen molar-refractivity contribution in [3.05, 3.63) is 36.3 Å². The van der Waals surface area contributed by atoms with Gasteiger partial charge in [0.2, 0.25) is 0 Å². The zero-order valence-electron chi connectivity index (χ0n) is 8.71. The fourth-order valence-corrected chi connectivity index (χ4v) is 1.89. The van der Waals surface area contributed by atoms with Crippen molar-refractivity contribution in [2.75, 3.05) is 0 Å². The summed E-state index contributed by atoms with van der Waals surface area (Å²) >= 11 is 3.99. The van der Waals surface area contributed by atoms with Crippen LogP contribution in [0.5, 0.6) is 0 Å². The van der Waals surface area contributed by atoms with Gasteiger partial charge in [-0.1, -0.05) is 0 Å². The molecule has 2 aromatic rings. The number of nitriles is 1. The molecule has 7 heteroatoms. The zero-order valence-corrected chi connectivity index (χ0v) is 9.75. The van der Waals surface area contributed by atoms with E-state index in [1.165, 1.54) is 0 Å². The number of hydrogen-bond acceptors (Lipinski definition) is 4. The summed E-state index contributed by atoms with van der Waals surface area (Å²) in [6, 6.07) is 1.76. The van der Waals surface area contributed by atoms with Crippen molar-refractivity contribution in [2.45, 2.75) is 13.3 Å². The quantitative estimate of drug-likeness (QED) is 0.782. The van der Waals surface area contributed by atoms with Crippen molar-refractivity contribution in [1.29, 1.82) is 5.26 Å². The third kappa shape index (κ3) is 1.77. The molecular formula is C10H7CoN3O3. The number of rotatable bonds is 1. The monoisotopic (exact) mass is 276 g/mol. The Morgan fingerprint density at radius 1 is 1.41 bits per heavy atom. The van der Waals surface area contributed by atoms with E-state index in [0.29, 0.717) is 12.0 Å². The van der Waals surface area contributed by atoms with Gasteiger partial charge in [0.1, 0.15) is 0 Å². The van der Waals surface area contributed by atoms with Crippen molar-refractivity contribution < 1.29 is 19.7 Å². The Kier molecular flexibility index (Phi) is 2.83. The standard InChI is InChI=1S/C10H7N3O3.Co/c1-2-5-6(3-11)10(15)16-9-7(5)8(14)12-4-13-9;/h13H,2H2,1H3,(H,12,14);. The van der Waals surface area contributed by atoms with Gasteiger partial charge in [-0.15, -0.1) is 0 Å². The topological polar surface area (TPSA) is 103 Å². The Labute approximate surface area is 102 Å². The van der Waals surface area contributed by atoms with Crippen LogP contribution < -0.4 is 11.2 Å². The van der Waals surface area contributed by atoms with Gasteiger partial charge in [0.05, 0.1) is 0 Å². The van der Waals surface area contributed by atoms with Gasteiger partial charge < -0.3 is 0 Å². The molecule has 2 heterocycles. The minimum atomic E-state index is -0.759. The molecule has 2 rings (SSSR count). The van der Waals surface area contributed by atoms with Crippen molar-refractivity contribution in [1.82, 2.24) is 9.97 Å². The Balaban J connectivity index is 3.18. The van der Waals surface area contributed by atoms with E-state index in [1.807, 2.05) is 0 Å². The first-order valence-corrected chi connectivity index (χ1v) is 5.29. The summed E-state index contributed by atoms with van der Waals surface area (Å²) in [5.41, 5.74) is -0.934. The first kappa shape index (κ1) is 11.6. The van der Waals surface area contributed by atoms with Crippen LogP contribution in [0.4, 0.5) is 0 Å². The van der Waals surface area contributed by atoms with Gasteiger partial charge in [0.25, 0.3) is 0 Å². The van der Waals surface area contributed by atoms with Crippen LogP contribution in [0.15, 0.2) is 14.0 Å². The number of nitrogens with one attached hydrogen (secondary N) is 2. The van der Waals surface area contributed by atoms with E-state index in [9.17, 15) is 9.59 Å². The molecule has 2 aromatic heterocycles. The number of aromatic amines is 2. The number of aromatic nitrogens is 2. The predicted molar refractivity (Wildman–Crippen MR) is 54.8 cm³/mol. The van der Waals surface area contributed by atoms with E-state index in [0.717, 1.165) is 0 Å². The van der Waals surface area contributed by atoms with Crippen LogP contribution in [0.1, 0.15) is 18.1 Å². The number of aryl methyl sites for hydroxylation is 1. The molecule has 0 aliphatic rings. The summed E-state index contributed by atoms with van der Waals surface area (Å²) in [5.74, 6) is 0. The van der Waals surface area contributed by atoms with Gasteiger partial charge in [-0.25, -0.2) is 0 Å². The normalized spacial score (nSPS) is 10.4. The fourth-order valence-electron chi connectivity index (χ4n) is 1.66. The maximum absolute atomic E-state index is 11.8. The van der Waals surface area contributed by atoms with E-state index < -0.39 is 11.2 Å². The summed E-state index contributed by atoms with van der Waals surface area (Å²) in [4.78, 5) is 28.3. The predicted octanol–water partition coefficient (Wildman–Crippen LogP) is 0.322. The van der Waals surface area contributed by atoms with E-state index in [1.54, 1.807) is 13.0 Å². The average molecular weight is 276 g/mol. The van der Waals surface area contributed by atoms with Gasteiger partial charge in [-0.3, -0.25) is 0 Å². The zero-order chi connectivity index (χ0) is 12.6.